The van der Waals surface area contributed by atoms with Gasteiger partial charge in [0, 0.05) is 32.2 Å². The summed E-state index contributed by atoms with van der Waals surface area (Å²) in [5.74, 6) is 0. The van der Waals surface area contributed by atoms with Crippen LogP contribution in [0.1, 0.15) is 42.5 Å². The minimum Gasteiger partial charge on any atom is -0.379 e. The standard InChI is InChI=1S/C18H28N2O/c1-15(19-8-9-20-10-12-21-13-11-20)17-7-6-16-4-2-3-5-18(16)14-17/h6-7,14-15,19H,2-5,8-13H2,1H3. The molecule has 0 bridgehead atoms. The molecule has 1 aliphatic heterocycles. The topological polar surface area (TPSA) is 24.5 Å². The zero-order valence-corrected chi connectivity index (χ0v) is 13.2. The Morgan fingerprint density at radius 3 is 2.71 bits per heavy atom. The van der Waals surface area contributed by atoms with E-state index in [0.717, 1.165) is 39.4 Å². The van der Waals surface area contributed by atoms with Crippen molar-refractivity contribution in [3.63, 3.8) is 0 Å². The molecule has 0 aromatic heterocycles. The fourth-order valence-corrected chi connectivity index (χ4v) is 3.40. The van der Waals surface area contributed by atoms with Crippen molar-refractivity contribution < 1.29 is 4.74 Å². The van der Waals surface area contributed by atoms with E-state index in [9.17, 15) is 0 Å². The van der Waals surface area contributed by atoms with Gasteiger partial charge in [-0.3, -0.25) is 4.90 Å². The van der Waals surface area contributed by atoms with Gasteiger partial charge >= 0.3 is 0 Å². The van der Waals surface area contributed by atoms with Crippen LogP contribution in [0.25, 0.3) is 0 Å². The van der Waals surface area contributed by atoms with E-state index in [-0.39, 0.29) is 0 Å². The Bertz CT molecular complexity index is 455. The number of fused-ring (bicyclic) bond motifs is 1. The first kappa shape index (κ1) is 15.0. The lowest BCUT2D eigenvalue weighted by Crippen LogP contribution is -2.40. The van der Waals surface area contributed by atoms with Gasteiger partial charge in [-0.1, -0.05) is 18.2 Å². The van der Waals surface area contributed by atoms with Gasteiger partial charge in [-0.25, -0.2) is 0 Å². The van der Waals surface area contributed by atoms with Gasteiger partial charge in [-0.15, -0.1) is 0 Å². The van der Waals surface area contributed by atoms with Crippen molar-refractivity contribution in [2.75, 3.05) is 39.4 Å². The molecule has 1 saturated heterocycles. The maximum atomic E-state index is 5.39. The monoisotopic (exact) mass is 288 g/mol. The molecule has 1 aliphatic carbocycles. The van der Waals surface area contributed by atoms with Gasteiger partial charge < -0.3 is 10.1 Å². The van der Waals surface area contributed by atoms with Crippen LogP contribution in [-0.2, 0) is 17.6 Å². The van der Waals surface area contributed by atoms with Crippen molar-refractivity contribution in [2.45, 2.75) is 38.6 Å². The van der Waals surface area contributed by atoms with Crippen LogP contribution in [-0.4, -0.2) is 44.3 Å². The van der Waals surface area contributed by atoms with Gasteiger partial charge in [0.05, 0.1) is 13.2 Å². The summed E-state index contributed by atoms with van der Waals surface area (Å²) in [6, 6.07) is 7.54. The van der Waals surface area contributed by atoms with Crippen molar-refractivity contribution in [3.8, 4) is 0 Å². The van der Waals surface area contributed by atoms with Crippen molar-refractivity contribution >= 4 is 0 Å². The van der Waals surface area contributed by atoms with E-state index in [0.29, 0.717) is 6.04 Å². The summed E-state index contributed by atoms with van der Waals surface area (Å²) in [7, 11) is 0. The van der Waals surface area contributed by atoms with Crippen LogP contribution in [0.15, 0.2) is 18.2 Å². The molecule has 3 heteroatoms. The van der Waals surface area contributed by atoms with E-state index in [1.54, 1.807) is 11.1 Å². The second-order valence-electron chi connectivity index (χ2n) is 6.37. The first-order chi connectivity index (χ1) is 10.3. The fourth-order valence-electron chi connectivity index (χ4n) is 3.40. The van der Waals surface area contributed by atoms with Gasteiger partial charge in [-0.05, 0) is 49.3 Å². The second-order valence-corrected chi connectivity index (χ2v) is 6.37. The molecule has 3 nitrogen and oxygen atoms in total. The van der Waals surface area contributed by atoms with Crippen LogP contribution in [0.4, 0.5) is 0 Å². The highest BCUT2D eigenvalue weighted by Gasteiger charge is 2.13. The van der Waals surface area contributed by atoms with Crippen molar-refractivity contribution in [3.05, 3.63) is 34.9 Å². The zero-order valence-electron chi connectivity index (χ0n) is 13.2. The van der Waals surface area contributed by atoms with Crippen LogP contribution >= 0.6 is 0 Å². The SMILES string of the molecule is CC(NCCN1CCOCC1)c1ccc2c(c1)CCCC2. The Balaban J connectivity index is 1.49. The summed E-state index contributed by atoms with van der Waals surface area (Å²) < 4.78 is 5.39. The molecule has 0 radical (unpaired) electrons. The first-order valence-corrected chi connectivity index (χ1v) is 8.48. The van der Waals surface area contributed by atoms with Crippen molar-refractivity contribution in [1.29, 1.82) is 0 Å². The number of nitrogens with zero attached hydrogens (tertiary/aromatic N) is 1. The summed E-state index contributed by atoms with van der Waals surface area (Å²) in [5, 5.41) is 3.67. The maximum absolute atomic E-state index is 5.39. The quantitative estimate of drug-likeness (QED) is 0.901. The predicted octanol–water partition coefficient (Wildman–Crippen LogP) is 2.55. The fraction of sp³-hybridized carbons (Fsp3) is 0.667. The molecule has 1 unspecified atom stereocenters. The van der Waals surface area contributed by atoms with Crippen LogP contribution in [0, 0.1) is 0 Å². The van der Waals surface area contributed by atoms with Gasteiger partial charge in [0.15, 0.2) is 0 Å². The van der Waals surface area contributed by atoms with E-state index >= 15 is 0 Å². The molecular formula is C18H28N2O. The number of ether oxygens (including phenoxy) is 1. The van der Waals surface area contributed by atoms with Crippen LogP contribution < -0.4 is 5.32 Å². The molecule has 3 rings (SSSR count). The highest BCUT2D eigenvalue weighted by molar-refractivity contribution is 5.35. The molecule has 1 fully saturated rings. The zero-order chi connectivity index (χ0) is 14.5. The lowest BCUT2D eigenvalue weighted by atomic mass is 9.89. The van der Waals surface area contributed by atoms with E-state index < -0.39 is 0 Å². The number of rotatable bonds is 5. The van der Waals surface area contributed by atoms with E-state index in [1.165, 1.54) is 31.2 Å². The van der Waals surface area contributed by atoms with Crippen LogP contribution in [0.2, 0.25) is 0 Å². The summed E-state index contributed by atoms with van der Waals surface area (Å²) in [6.45, 7) is 8.39. The average molecular weight is 288 g/mol. The largest absolute Gasteiger partial charge is 0.379 e. The van der Waals surface area contributed by atoms with Gasteiger partial charge in [0.1, 0.15) is 0 Å². The molecule has 116 valence electrons. The number of hydrogen-bond acceptors (Lipinski definition) is 3. The van der Waals surface area contributed by atoms with Crippen molar-refractivity contribution in [1.82, 2.24) is 10.2 Å². The third kappa shape index (κ3) is 4.06. The van der Waals surface area contributed by atoms with E-state index in [4.69, 9.17) is 4.74 Å². The Kier molecular flexibility index (Phi) is 5.28. The molecule has 1 atom stereocenters. The Labute approximate surface area is 128 Å². The molecule has 0 spiro atoms. The van der Waals surface area contributed by atoms with Gasteiger partial charge in [0.25, 0.3) is 0 Å². The smallest absolute Gasteiger partial charge is 0.0594 e. The summed E-state index contributed by atoms with van der Waals surface area (Å²) in [4.78, 5) is 2.48. The third-order valence-electron chi connectivity index (χ3n) is 4.85. The highest BCUT2D eigenvalue weighted by atomic mass is 16.5. The first-order valence-electron chi connectivity index (χ1n) is 8.48. The maximum Gasteiger partial charge on any atom is 0.0594 e. The molecule has 0 amide bonds. The highest BCUT2D eigenvalue weighted by Crippen LogP contribution is 2.24. The molecule has 1 aromatic carbocycles. The van der Waals surface area contributed by atoms with Crippen molar-refractivity contribution in [2.24, 2.45) is 0 Å². The number of aryl methyl sites for hydroxylation is 2. The Morgan fingerprint density at radius 1 is 1.14 bits per heavy atom. The molecule has 0 saturated carbocycles. The molecule has 2 aliphatic rings. The summed E-state index contributed by atoms with van der Waals surface area (Å²) in [5.41, 5.74) is 4.60. The lowest BCUT2D eigenvalue weighted by Gasteiger charge is -2.27. The predicted molar refractivity (Wildman–Crippen MR) is 86.8 cm³/mol. The average Bonchev–Trinajstić information content (AvgIpc) is 2.55. The van der Waals surface area contributed by atoms with E-state index in [1.807, 2.05) is 0 Å². The minimum atomic E-state index is 0.443. The summed E-state index contributed by atoms with van der Waals surface area (Å²) >= 11 is 0. The molecule has 1 aromatic rings. The van der Waals surface area contributed by atoms with E-state index in [2.05, 4.69) is 35.3 Å². The Morgan fingerprint density at radius 2 is 1.90 bits per heavy atom. The molecule has 1 N–H and O–H groups in total. The van der Waals surface area contributed by atoms with Crippen LogP contribution in [0.5, 0.6) is 0 Å². The second kappa shape index (κ2) is 7.39. The third-order valence-corrected chi connectivity index (χ3v) is 4.85. The lowest BCUT2D eigenvalue weighted by molar-refractivity contribution is 0.0382. The number of hydrogen-bond donors (Lipinski definition) is 1. The Hall–Kier alpha value is -0.900. The molecular weight excluding hydrogens is 260 g/mol. The molecule has 1 heterocycles. The van der Waals surface area contributed by atoms with Crippen LogP contribution in [0.3, 0.4) is 0 Å². The van der Waals surface area contributed by atoms with Gasteiger partial charge in [-0.2, -0.15) is 0 Å². The normalized spacial score (nSPS) is 21.0. The number of benzene rings is 1. The molecule has 21 heavy (non-hydrogen) atoms. The summed E-state index contributed by atoms with van der Waals surface area (Å²) in [6.07, 6.45) is 5.26. The number of nitrogens with one attached hydrogen (secondary N) is 1. The van der Waals surface area contributed by atoms with Gasteiger partial charge in [0.2, 0.25) is 0 Å². The number of morpholine rings is 1. The minimum absolute atomic E-state index is 0.443.